The van der Waals surface area contributed by atoms with E-state index in [4.69, 9.17) is 30.4 Å². The minimum atomic E-state index is -0.0250. The molecule has 3 rings (SSSR count). The maximum atomic E-state index is 12.1. The Morgan fingerprint density at radius 2 is 1.31 bits per heavy atom. The van der Waals surface area contributed by atoms with Crippen molar-refractivity contribution in [2.45, 2.75) is 6.61 Å². The van der Waals surface area contributed by atoms with Gasteiger partial charge in [0.25, 0.3) is 0 Å². The Morgan fingerprint density at radius 3 is 1.97 bits per heavy atom. The van der Waals surface area contributed by atoms with Crippen molar-refractivity contribution in [3.8, 4) is 5.75 Å². The summed E-state index contributed by atoms with van der Waals surface area (Å²) in [6, 6.07) is 22.1. The molecule has 0 bridgehead atoms. The van der Waals surface area contributed by atoms with Crippen LogP contribution >= 0.6 is 0 Å². The molecule has 0 aromatic heterocycles. The molecule has 0 aliphatic heterocycles. The summed E-state index contributed by atoms with van der Waals surface area (Å²) in [6.45, 7) is 3.26. The fourth-order valence-corrected chi connectivity index (χ4v) is 3.22. The Bertz CT molecular complexity index is 1050. The van der Waals surface area contributed by atoms with Gasteiger partial charge in [-0.2, -0.15) is 0 Å². The maximum Gasteiger partial charge on any atom is 0.185 e. The van der Waals surface area contributed by atoms with Crippen molar-refractivity contribution < 1.29 is 23.7 Å². The molecule has 4 N–H and O–H groups in total. The van der Waals surface area contributed by atoms with Gasteiger partial charge in [0.15, 0.2) is 5.78 Å². The first-order chi connectivity index (χ1) is 17.1. The molecule has 0 saturated carbocycles. The monoisotopic (exact) mass is 476 g/mol. The quantitative estimate of drug-likeness (QED) is 0.145. The van der Waals surface area contributed by atoms with E-state index in [2.05, 4.69) is 0 Å². The van der Waals surface area contributed by atoms with Crippen molar-refractivity contribution in [3.63, 3.8) is 0 Å². The molecule has 0 aliphatic rings. The highest BCUT2D eigenvalue weighted by Gasteiger charge is 2.01. The molecule has 0 atom stereocenters. The van der Waals surface area contributed by atoms with Gasteiger partial charge in [-0.05, 0) is 47.5 Å². The molecule has 0 fully saturated rings. The molecular weight excluding hydrogens is 444 g/mol. The Morgan fingerprint density at radius 1 is 0.714 bits per heavy atom. The lowest BCUT2D eigenvalue weighted by molar-refractivity contribution is 0.00598. The molecule has 0 radical (unpaired) electrons. The number of ether oxygens (including phenoxy) is 4. The van der Waals surface area contributed by atoms with Gasteiger partial charge < -0.3 is 30.4 Å². The molecule has 3 aromatic carbocycles. The number of nitrogens with two attached hydrogens (primary N) is 2. The second kappa shape index (κ2) is 14.6. The second-order valence-corrected chi connectivity index (χ2v) is 7.77. The third-order valence-corrected chi connectivity index (χ3v) is 4.91. The van der Waals surface area contributed by atoms with Crippen LogP contribution in [-0.4, -0.2) is 45.4 Å². The van der Waals surface area contributed by atoms with Crippen LogP contribution in [0.2, 0.25) is 0 Å². The highest BCUT2D eigenvalue weighted by molar-refractivity contribution is 6.06. The number of benzene rings is 3. The Balaban J connectivity index is 1.19. The lowest BCUT2D eigenvalue weighted by Gasteiger charge is -2.09. The smallest absolute Gasteiger partial charge is 0.185 e. The van der Waals surface area contributed by atoms with E-state index in [1.165, 1.54) is 0 Å². The van der Waals surface area contributed by atoms with Crippen LogP contribution in [0.3, 0.4) is 0 Å². The van der Waals surface area contributed by atoms with Crippen LogP contribution in [0.1, 0.15) is 21.5 Å². The molecule has 184 valence electrons. The predicted octanol–water partition coefficient (Wildman–Crippen LogP) is 4.38. The number of carbonyl (C=O) groups is 1. The molecule has 0 saturated heterocycles. The van der Waals surface area contributed by atoms with Crippen molar-refractivity contribution in [2.24, 2.45) is 0 Å². The minimum Gasteiger partial charge on any atom is -0.491 e. The molecule has 7 heteroatoms. The lowest BCUT2D eigenvalue weighted by Crippen LogP contribution is -2.12. The highest BCUT2D eigenvalue weighted by atomic mass is 16.6. The van der Waals surface area contributed by atoms with E-state index in [1.807, 2.05) is 54.6 Å². The van der Waals surface area contributed by atoms with Gasteiger partial charge in [-0.1, -0.05) is 48.5 Å². The zero-order valence-electron chi connectivity index (χ0n) is 19.7. The Kier molecular flexibility index (Phi) is 10.8. The highest BCUT2D eigenvalue weighted by Crippen LogP contribution is 2.15. The summed E-state index contributed by atoms with van der Waals surface area (Å²) in [5.74, 6) is 0.721. The van der Waals surface area contributed by atoms with Crippen molar-refractivity contribution in [2.75, 3.05) is 51.1 Å². The molecule has 35 heavy (non-hydrogen) atoms. The molecule has 0 heterocycles. The molecule has 0 spiro atoms. The number of rotatable bonds is 15. The first-order valence-electron chi connectivity index (χ1n) is 11.5. The summed E-state index contributed by atoms with van der Waals surface area (Å²) in [4.78, 5) is 12.1. The van der Waals surface area contributed by atoms with E-state index >= 15 is 0 Å². The van der Waals surface area contributed by atoms with Gasteiger partial charge in [0.1, 0.15) is 12.4 Å². The fourth-order valence-electron chi connectivity index (χ4n) is 3.22. The topological polar surface area (TPSA) is 106 Å². The second-order valence-electron chi connectivity index (χ2n) is 7.77. The fraction of sp³-hybridized carbons (Fsp3) is 0.250. The van der Waals surface area contributed by atoms with Gasteiger partial charge >= 0.3 is 0 Å². The van der Waals surface area contributed by atoms with E-state index < -0.39 is 0 Å². The first kappa shape index (κ1) is 26.0. The Labute approximate surface area is 206 Å². The van der Waals surface area contributed by atoms with Crippen LogP contribution in [0.25, 0.3) is 6.08 Å². The van der Waals surface area contributed by atoms with Crippen LogP contribution in [0.5, 0.6) is 5.75 Å². The number of allylic oxidation sites excluding steroid dienone is 1. The summed E-state index contributed by atoms with van der Waals surface area (Å²) in [5.41, 5.74) is 15.3. The Hall–Kier alpha value is -3.65. The summed E-state index contributed by atoms with van der Waals surface area (Å²) < 4.78 is 22.3. The van der Waals surface area contributed by atoms with Crippen molar-refractivity contribution in [3.05, 3.63) is 95.6 Å². The van der Waals surface area contributed by atoms with E-state index in [1.54, 1.807) is 30.4 Å². The van der Waals surface area contributed by atoms with Gasteiger partial charge in [-0.25, -0.2) is 0 Å². The third kappa shape index (κ3) is 10.0. The van der Waals surface area contributed by atoms with Crippen LogP contribution in [0.4, 0.5) is 11.4 Å². The number of hydrogen-bond donors (Lipinski definition) is 2. The molecule has 7 nitrogen and oxygen atoms in total. The van der Waals surface area contributed by atoms with Crippen LogP contribution in [-0.2, 0) is 20.8 Å². The van der Waals surface area contributed by atoms with Crippen molar-refractivity contribution >= 4 is 23.2 Å². The lowest BCUT2D eigenvalue weighted by atomic mass is 10.1. The summed E-state index contributed by atoms with van der Waals surface area (Å²) in [5, 5.41) is 0. The standard InChI is InChI=1S/C28H32N2O5/c29-25-18-23(19-26(30)20-25)21-34-15-14-32-12-13-33-16-17-35-27-9-6-22(7-10-27)8-11-28(31)24-4-2-1-3-5-24/h1-11,18-20H,12-17,21,29-30H2. The van der Waals surface area contributed by atoms with Crippen LogP contribution in [0.15, 0.2) is 78.9 Å². The molecular formula is C28H32N2O5. The summed E-state index contributed by atoms with van der Waals surface area (Å²) >= 11 is 0. The van der Waals surface area contributed by atoms with E-state index in [-0.39, 0.29) is 5.78 Å². The largest absolute Gasteiger partial charge is 0.491 e. The maximum absolute atomic E-state index is 12.1. The van der Waals surface area contributed by atoms with Gasteiger partial charge in [-0.3, -0.25) is 4.79 Å². The number of hydrogen-bond acceptors (Lipinski definition) is 7. The van der Waals surface area contributed by atoms with E-state index in [9.17, 15) is 4.79 Å². The van der Waals surface area contributed by atoms with Crippen molar-refractivity contribution in [1.82, 2.24) is 0 Å². The molecule has 0 aliphatic carbocycles. The van der Waals surface area contributed by atoms with E-state index in [0.29, 0.717) is 63.2 Å². The van der Waals surface area contributed by atoms with Crippen molar-refractivity contribution in [1.29, 1.82) is 0 Å². The average molecular weight is 477 g/mol. The average Bonchev–Trinajstić information content (AvgIpc) is 2.86. The van der Waals surface area contributed by atoms with Gasteiger partial charge in [0.05, 0.1) is 39.6 Å². The number of carbonyl (C=O) groups excluding carboxylic acids is 1. The summed E-state index contributed by atoms with van der Waals surface area (Å²) in [6.07, 6.45) is 3.36. The number of anilines is 2. The summed E-state index contributed by atoms with van der Waals surface area (Å²) in [7, 11) is 0. The first-order valence-corrected chi connectivity index (χ1v) is 11.5. The van der Waals surface area contributed by atoms with Gasteiger partial charge in [0, 0.05) is 16.9 Å². The minimum absolute atomic E-state index is 0.0250. The zero-order chi connectivity index (χ0) is 24.7. The van der Waals surface area contributed by atoms with Crippen LogP contribution in [0, 0.1) is 0 Å². The van der Waals surface area contributed by atoms with Gasteiger partial charge in [-0.15, -0.1) is 0 Å². The number of nitrogen functional groups attached to an aromatic ring is 2. The van der Waals surface area contributed by atoms with Gasteiger partial charge in [0.2, 0.25) is 0 Å². The molecule has 3 aromatic rings. The van der Waals surface area contributed by atoms with E-state index in [0.717, 1.165) is 16.9 Å². The zero-order valence-corrected chi connectivity index (χ0v) is 19.7. The SMILES string of the molecule is Nc1cc(N)cc(COCCOCCOCCOc2ccc(C=CC(=O)c3ccccc3)cc2)c1. The third-order valence-electron chi connectivity index (χ3n) is 4.91. The molecule has 0 amide bonds. The molecule has 0 unspecified atom stereocenters. The predicted molar refractivity (Wildman–Crippen MR) is 138 cm³/mol. The normalized spacial score (nSPS) is 11.1. The van der Waals surface area contributed by atoms with Crippen LogP contribution < -0.4 is 16.2 Å². The number of ketones is 1.